The Morgan fingerprint density at radius 2 is 0.828 bits per heavy atom. The average Bonchev–Trinajstić information content (AvgIpc) is 3.25. The third-order valence-corrected chi connectivity index (χ3v) is 10.6. The van der Waals surface area contributed by atoms with Gasteiger partial charge in [-0.1, -0.05) is 117 Å². The molecule has 0 unspecified atom stereocenters. The van der Waals surface area contributed by atoms with Crippen LogP contribution in [0.3, 0.4) is 0 Å². The molecule has 8 N–H and O–H groups in total. The van der Waals surface area contributed by atoms with Crippen molar-refractivity contribution in [2.75, 3.05) is 39.5 Å². The third-order valence-electron chi connectivity index (χ3n) is 10.6. The van der Waals surface area contributed by atoms with Crippen LogP contribution in [0.2, 0.25) is 0 Å². The minimum absolute atomic E-state index is 0.0443. The van der Waals surface area contributed by atoms with Crippen molar-refractivity contribution in [3.05, 3.63) is 0 Å². The van der Waals surface area contributed by atoms with Crippen molar-refractivity contribution in [2.45, 2.75) is 205 Å². The number of hydrogen-bond donors (Lipinski definition) is 8. The summed E-state index contributed by atoms with van der Waals surface area (Å²) in [5.41, 5.74) is 0. The second-order valence-electron chi connectivity index (χ2n) is 16.5. The monoisotopic (exact) mass is 914 g/mol. The number of hydrogen-bond acceptors (Lipinski definition) is 10. The fourth-order valence-electron chi connectivity index (χ4n) is 6.87. The molecule has 0 saturated heterocycles. The number of aliphatic carboxylic acids is 3. The van der Waals surface area contributed by atoms with Crippen molar-refractivity contribution >= 4 is 47.4 Å². The highest BCUT2D eigenvalue weighted by atomic mass is 16.5. The highest BCUT2D eigenvalue weighted by Crippen LogP contribution is 2.13. The van der Waals surface area contributed by atoms with Gasteiger partial charge in [-0.25, -0.2) is 14.4 Å². The van der Waals surface area contributed by atoms with Crippen LogP contribution in [0.5, 0.6) is 0 Å². The molecule has 0 aromatic heterocycles. The first-order valence-corrected chi connectivity index (χ1v) is 24.1. The number of ether oxygens (including phenoxy) is 2. The fraction of sp³-hybridized carbons (Fsp3) is 0.826. The lowest BCUT2D eigenvalue weighted by Crippen LogP contribution is -2.48. The van der Waals surface area contributed by atoms with Crippen molar-refractivity contribution in [1.29, 1.82) is 0 Å². The van der Waals surface area contributed by atoms with Gasteiger partial charge in [0.2, 0.25) is 29.5 Å². The summed E-state index contributed by atoms with van der Waals surface area (Å²) in [6.07, 6.45) is 20.2. The first kappa shape index (κ1) is 59.7. The van der Waals surface area contributed by atoms with E-state index in [2.05, 4.69) is 40.4 Å². The van der Waals surface area contributed by atoms with E-state index in [1.54, 1.807) is 0 Å². The van der Waals surface area contributed by atoms with Crippen LogP contribution in [0.15, 0.2) is 0 Å². The highest BCUT2D eigenvalue weighted by molar-refractivity contribution is 5.88. The molecular weight excluding hydrogens is 831 g/mol. The van der Waals surface area contributed by atoms with E-state index in [-0.39, 0.29) is 83.8 Å². The maximum absolute atomic E-state index is 13.1. The van der Waals surface area contributed by atoms with Gasteiger partial charge in [0, 0.05) is 38.8 Å². The van der Waals surface area contributed by atoms with E-state index in [9.17, 15) is 48.6 Å². The number of carboxylic acids is 3. The van der Waals surface area contributed by atoms with Gasteiger partial charge in [-0.15, -0.1) is 0 Å². The topological polar surface area (TPSA) is 276 Å². The van der Waals surface area contributed by atoms with E-state index < -0.39 is 66.3 Å². The molecule has 5 amide bonds. The molecule has 0 radical (unpaired) electrons. The number of nitrogens with one attached hydrogen (secondary N) is 5. The summed E-state index contributed by atoms with van der Waals surface area (Å²) in [6.45, 7) is 4.40. The Kier molecular flexibility index (Phi) is 38.6. The summed E-state index contributed by atoms with van der Waals surface area (Å²) in [4.78, 5) is 97.8. The van der Waals surface area contributed by atoms with Crippen LogP contribution in [0, 0.1) is 0 Å². The molecule has 0 aliphatic heterocycles. The molecule has 0 rings (SSSR count). The molecule has 18 heteroatoms. The molecule has 0 aromatic rings. The van der Waals surface area contributed by atoms with Gasteiger partial charge < -0.3 is 51.4 Å². The molecule has 0 aromatic carbocycles. The minimum atomic E-state index is -1.28. The highest BCUT2D eigenvalue weighted by Gasteiger charge is 2.25. The third kappa shape index (κ3) is 37.1. The summed E-state index contributed by atoms with van der Waals surface area (Å²) < 4.78 is 10.2. The largest absolute Gasteiger partial charge is 0.480 e. The molecule has 0 bridgehead atoms. The second kappa shape index (κ2) is 41.4. The van der Waals surface area contributed by atoms with Crippen molar-refractivity contribution in [2.24, 2.45) is 0 Å². The standard InChI is InChI=1S/C46H83N5O13/c1-3-5-7-9-11-13-15-17-19-24-40(53)50-37(45(59)60)26-28-39(52)47-30-22-21-23-36(44(58)48-31-32-63-33-34-64-35-43(56)57)49-42(55)29-27-38(46(61)62)51-41(54)25-20-18-16-14-12-10-8-6-4-2/h36-38H,3-35H2,1-2H3,(H,47,52)(H,48,58)(H,49,55)(H,50,53)(H,51,54)(H,56,57)(H,59,60)(H,61,62)/t36-,37-,38-/m0/s1. The van der Waals surface area contributed by atoms with Crippen LogP contribution in [0.1, 0.15) is 187 Å². The molecule has 0 aliphatic carbocycles. The van der Waals surface area contributed by atoms with Crippen molar-refractivity contribution in [3.8, 4) is 0 Å². The first-order valence-electron chi connectivity index (χ1n) is 24.1. The van der Waals surface area contributed by atoms with E-state index in [1.165, 1.54) is 64.2 Å². The summed E-state index contributed by atoms with van der Waals surface area (Å²) >= 11 is 0. The van der Waals surface area contributed by atoms with Gasteiger partial charge in [-0.2, -0.15) is 0 Å². The van der Waals surface area contributed by atoms with Crippen molar-refractivity contribution in [1.82, 2.24) is 26.6 Å². The molecule has 0 heterocycles. The number of carbonyl (C=O) groups is 8. The van der Waals surface area contributed by atoms with E-state index >= 15 is 0 Å². The Hall–Kier alpha value is -4.32. The summed E-state index contributed by atoms with van der Waals surface area (Å²) in [5.74, 6) is -5.87. The Balaban J connectivity index is 4.89. The predicted octanol–water partition coefficient (Wildman–Crippen LogP) is 5.53. The quantitative estimate of drug-likeness (QED) is 0.0350. The summed E-state index contributed by atoms with van der Waals surface area (Å²) in [7, 11) is 0. The van der Waals surface area contributed by atoms with Crippen LogP contribution in [-0.2, 0) is 47.8 Å². The fourth-order valence-corrected chi connectivity index (χ4v) is 6.87. The van der Waals surface area contributed by atoms with Gasteiger partial charge in [-0.05, 0) is 44.9 Å². The molecule has 64 heavy (non-hydrogen) atoms. The van der Waals surface area contributed by atoms with Gasteiger partial charge in [0.1, 0.15) is 24.7 Å². The number of rotatable bonds is 45. The molecule has 0 fully saturated rings. The zero-order valence-corrected chi connectivity index (χ0v) is 39.0. The van der Waals surface area contributed by atoms with Crippen LogP contribution >= 0.6 is 0 Å². The Morgan fingerprint density at radius 3 is 1.30 bits per heavy atom. The average molecular weight is 914 g/mol. The van der Waals surface area contributed by atoms with E-state index in [0.717, 1.165) is 38.5 Å². The first-order chi connectivity index (χ1) is 30.8. The van der Waals surface area contributed by atoms with Gasteiger partial charge >= 0.3 is 17.9 Å². The lowest BCUT2D eigenvalue weighted by molar-refractivity contribution is -0.143. The van der Waals surface area contributed by atoms with Crippen LogP contribution < -0.4 is 26.6 Å². The number of unbranched alkanes of at least 4 members (excludes halogenated alkanes) is 17. The van der Waals surface area contributed by atoms with E-state index in [1.807, 2.05) is 0 Å². The normalized spacial score (nSPS) is 12.4. The molecule has 0 aliphatic rings. The minimum Gasteiger partial charge on any atom is -0.480 e. The summed E-state index contributed by atoms with van der Waals surface area (Å²) in [5, 5.41) is 41.0. The number of carboxylic acid groups (broad SMARTS) is 3. The zero-order valence-electron chi connectivity index (χ0n) is 39.0. The molecular formula is C46H83N5O13. The van der Waals surface area contributed by atoms with E-state index in [0.29, 0.717) is 25.7 Å². The lowest BCUT2D eigenvalue weighted by Gasteiger charge is -2.20. The summed E-state index contributed by atoms with van der Waals surface area (Å²) in [6, 6.07) is -3.49. The molecule has 3 atom stereocenters. The van der Waals surface area contributed by atoms with Gasteiger partial charge in [0.15, 0.2) is 0 Å². The number of amides is 5. The molecule has 0 spiro atoms. The van der Waals surface area contributed by atoms with Crippen LogP contribution in [0.4, 0.5) is 0 Å². The second-order valence-corrected chi connectivity index (χ2v) is 16.5. The Bertz CT molecular complexity index is 1320. The maximum Gasteiger partial charge on any atom is 0.329 e. The Morgan fingerprint density at radius 1 is 0.406 bits per heavy atom. The molecule has 370 valence electrons. The SMILES string of the molecule is CCCCCCCCCCCC(=O)N[C@@H](CCC(=O)NCCCC[C@H](NC(=O)CC[C@H](NC(=O)CCCCCCCCCCC)C(=O)O)C(=O)NCCOCCOCC(=O)O)C(=O)O. The molecule has 0 saturated carbocycles. The lowest BCUT2D eigenvalue weighted by atomic mass is 10.1. The van der Waals surface area contributed by atoms with Gasteiger partial charge in [0.25, 0.3) is 0 Å². The van der Waals surface area contributed by atoms with Crippen LogP contribution in [0.25, 0.3) is 0 Å². The zero-order chi connectivity index (χ0) is 47.6. The van der Waals surface area contributed by atoms with Crippen molar-refractivity contribution in [3.63, 3.8) is 0 Å². The van der Waals surface area contributed by atoms with Crippen LogP contribution in [-0.4, -0.2) is 120 Å². The van der Waals surface area contributed by atoms with Gasteiger partial charge in [-0.3, -0.25) is 24.0 Å². The van der Waals surface area contributed by atoms with Crippen molar-refractivity contribution < 1.29 is 63.1 Å². The van der Waals surface area contributed by atoms with E-state index in [4.69, 9.17) is 14.6 Å². The predicted molar refractivity (Wildman–Crippen MR) is 242 cm³/mol. The smallest absolute Gasteiger partial charge is 0.329 e. The number of carbonyl (C=O) groups excluding carboxylic acids is 5. The Labute approximate surface area is 381 Å². The molecule has 18 nitrogen and oxygen atoms in total. The van der Waals surface area contributed by atoms with Gasteiger partial charge in [0.05, 0.1) is 19.8 Å². The maximum atomic E-state index is 13.1.